The van der Waals surface area contributed by atoms with Crippen molar-refractivity contribution < 1.29 is 14.3 Å². The van der Waals surface area contributed by atoms with Gasteiger partial charge in [-0.25, -0.2) is 4.79 Å². The second-order valence-electron chi connectivity index (χ2n) is 4.61. The first-order valence-electron chi connectivity index (χ1n) is 6.06. The van der Waals surface area contributed by atoms with Crippen molar-refractivity contribution in [2.75, 3.05) is 20.3 Å². The van der Waals surface area contributed by atoms with E-state index in [0.29, 0.717) is 19.3 Å². The van der Waals surface area contributed by atoms with E-state index in [1.807, 2.05) is 13.8 Å². The second kappa shape index (κ2) is 6.21. The van der Waals surface area contributed by atoms with Crippen molar-refractivity contribution in [2.45, 2.75) is 51.1 Å². The molecule has 0 amide bonds. The number of methoxy groups -OCH3 is 1. The Bertz CT molecular complexity index is 226. The van der Waals surface area contributed by atoms with E-state index in [1.165, 1.54) is 12.8 Å². The molecule has 0 radical (unpaired) electrons. The van der Waals surface area contributed by atoms with Crippen molar-refractivity contribution in [1.82, 2.24) is 5.32 Å². The Morgan fingerprint density at radius 1 is 1.44 bits per heavy atom. The SMILES string of the molecule is CCOC(=O)C(C)(COC)NC1CCCC1. The highest BCUT2D eigenvalue weighted by Crippen LogP contribution is 2.21. The van der Waals surface area contributed by atoms with Gasteiger partial charge in [-0.3, -0.25) is 5.32 Å². The number of carbonyl (C=O) groups excluding carboxylic acids is 1. The van der Waals surface area contributed by atoms with Crippen LogP contribution >= 0.6 is 0 Å². The fourth-order valence-corrected chi connectivity index (χ4v) is 2.26. The van der Waals surface area contributed by atoms with E-state index in [-0.39, 0.29) is 5.97 Å². The van der Waals surface area contributed by atoms with Crippen LogP contribution in [0.5, 0.6) is 0 Å². The lowest BCUT2D eigenvalue weighted by Crippen LogP contribution is -2.56. The number of rotatable bonds is 6. The number of carbonyl (C=O) groups is 1. The number of hydrogen-bond acceptors (Lipinski definition) is 4. The lowest BCUT2D eigenvalue weighted by atomic mass is 10.0. The average molecular weight is 229 g/mol. The van der Waals surface area contributed by atoms with E-state index in [0.717, 1.165) is 12.8 Å². The molecule has 1 N–H and O–H groups in total. The number of ether oxygens (including phenoxy) is 2. The number of esters is 1. The minimum atomic E-state index is -0.709. The molecule has 94 valence electrons. The first-order chi connectivity index (χ1) is 7.62. The van der Waals surface area contributed by atoms with E-state index in [4.69, 9.17) is 9.47 Å². The molecule has 1 saturated carbocycles. The van der Waals surface area contributed by atoms with Gasteiger partial charge in [0.2, 0.25) is 0 Å². The first kappa shape index (κ1) is 13.5. The predicted molar refractivity (Wildman–Crippen MR) is 62.3 cm³/mol. The van der Waals surface area contributed by atoms with Gasteiger partial charge < -0.3 is 9.47 Å². The molecule has 0 saturated heterocycles. The fourth-order valence-electron chi connectivity index (χ4n) is 2.26. The molecule has 0 aromatic rings. The van der Waals surface area contributed by atoms with Gasteiger partial charge in [-0.1, -0.05) is 12.8 Å². The van der Waals surface area contributed by atoms with E-state index in [9.17, 15) is 4.79 Å². The summed E-state index contributed by atoms with van der Waals surface area (Å²) < 4.78 is 10.2. The molecule has 1 fully saturated rings. The van der Waals surface area contributed by atoms with Crippen molar-refractivity contribution >= 4 is 5.97 Å². The maximum atomic E-state index is 11.9. The van der Waals surface area contributed by atoms with Crippen molar-refractivity contribution in [3.05, 3.63) is 0 Å². The average Bonchev–Trinajstić information content (AvgIpc) is 2.71. The molecule has 0 heterocycles. The summed E-state index contributed by atoms with van der Waals surface area (Å²) in [5, 5.41) is 3.38. The maximum Gasteiger partial charge on any atom is 0.328 e. The lowest BCUT2D eigenvalue weighted by Gasteiger charge is -2.30. The third-order valence-electron chi connectivity index (χ3n) is 3.04. The van der Waals surface area contributed by atoms with Crippen molar-refractivity contribution in [2.24, 2.45) is 0 Å². The summed E-state index contributed by atoms with van der Waals surface area (Å²) in [5.41, 5.74) is -0.709. The van der Waals surface area contributed by atoms with Gasteiger partial charge in [0.25, 0.3) is 0 Å². The summed E-state index contributed by atoms with van der Waals surface area (Å²) in [5.74, 6) is -0.219. The molecule has 16 heavy (non-hydrogen) atoms. The summed E-state index contributed by atoms with van der Waals surface area (Å²) in [6.07, 6.45) is 4.75. The van der Waals surface area contributed by atoms with Crippen LogP contribution in [0.1, 0.15) is 39.5 Å². The number of nitrogens with one attached hydrogen (secondary N) is 1. The summed E-state index contributed by atoms with van der Waals surface area (Å²) >= 11 is 0. The summed E-state index contributed by atoms with van der Waals surface area (Å²) in [7, 11) is 1.60. The molecule has 1 unspecified atom stereocenters. The van der Waals surface area contributed by atoms with E-state index < -0.39 is 5.54 Å². The van der Waals surface area contributed by atoms with E-state index in [1.54, 1.807) is 7.11 Å². The number of hydrogen-bond donors (Lipinski definition) is 1. The topological polar surface area (TPSA) is 47.6 Å². The zero-order valence-electron chi connectivity index (χ0n) is 10.5. The molecule has 1 rings (SSSR count). The minimum Gasteiger partial charge on any atom is -0.465 e. The zero-order chi connectivity index (χ0) is 12.0. The highest BCUT2D eigenvalue weighted by Gasteiger charge is 2.37. The van der Waals surface area contributed by atoms with Crippen LogP contribution < -0.4 is 5.32 Å². The Labute approximate surface area is 97.7 Å². The molecule has 4 heteroatoms. The Balaban J connectivity index is 2.58. The molecule has 0 aromatic carbocycles. The molecule has 1 aliphatic rings. The minimum absolute atomic E-state index is 0.219. The standard InChI is InChI=1S/C12H23NO3/c1-4-16-11(14)12(2,9-15-3)13-10-7-5-6-8-10/h10,13H,4-9H2,1-3H3. The smallest absolute Gasteiger partial charge is 0.328 e. The van der Waals surface area contributed by atoms with Crippen LogP contribution in [-0.4, -0.2) is 37.9 Å². The van der Waals surface area contributed by atoms with Crippen LogP contribution in [-0.2, 0) is 14.3 Å². The highest BCUT2D eigenvalue weighted by atomic mass is 16.5. The predicted octanol–water partition coefficient (Wildman–Crippen LogP) is 1.49. The van der Waals surface area contributed by atoms with Gasteiger partial charge in [-0.15, -0.1) is 0 Å². The first-order valence-corrected chi connectivity index (χ1v) is 6.06. The van der Waals surface area contributed by atoms with Crippen LogP contribution in [0.25, 0.3) is 0 Å². The molecule has 0 bridgehead atoms. The van der Waals surface area contributed by atoms with Crippen molar-refractivity contribution in [3.63, 3.8) is 0 Å². The van der Waals surface area contributed by atoms with Gasteiger partial charge >= 0.3 is 5.97 Å². The van der Waals surface area contributed by atoms with Gasteiger partial charge in [0.15, 0.2) is 0 Å². The van der Waals surface area contributed by atoms with E-state index in [2.05, 4.69) is 5.32 Å². The molecule has 0 aliphatic heterocycles. The monoisotopic (exact) mass is 229 g/mol. The zero-order valence-corrected chi connectivity index (χ0v) is 10.5. The third-order valence-corrected chi connectivity index (χ3v) is 3.04. The summed E-state index contributed by atoms with van der Waals surface area (Å²) in [4.78, 5) is 11.9. The molecule has 1 aliphatic carbocycles. The van der Waals surface area contributed by atoms with Gasteiger partial charge in [-0.05, 0) is 26.7 Å². The van der Waals surface area contributed by atoms with Crippen LogP contribution in [0.3, 0.4) is 0 Å². The lowest BCUT2D eigenvalue weighted by molar-refractivity contribution is -0.153. The third kappa shape index (κ3) is 3.46. The summed E-state index contributed by atoms with van der Waals surface area (Å²) in [6.45, 7) is 4.43. The Morgan fingerprint density at radius 3 is 2.56 bits per heavy atom. The Hall–Kier alpha value is -0.610. The normalized spacial score (nSPS) is 20.7. The molecule has 4 nitrogen and oxygen atoms in total. The van der Waals surface area contributed by atoms with Gasteiger partial charge in [0, 0.05) is 13.2 Å². The molecule has 0 spiro atoms. The van der Waals surface area contributed by atoms with Gasteiger partial charge in [-0.2, -0.15) is 0 Å². The van der Waals surface area contributed by atoms with E-state index >= 15 is 0 Å². The second-order valence-corrected chi connectivity index (χ2v) is 4.61. The molecule has 0 aromatic heterocycles. The quantitative estimate of drug-likeness (QED) is 0.701. The van der Waals surface area contributed by atoms with Crippen molar-refractivity contribution in [3.8, 4) is 0 Å². The van der Waals surface area contributed by atoms with Crippen LogP contribution in [0.15, 0.2) is 0 Å². The molecular formula is C12H23NO3. The highest BCUT2D eigenvalue weighted by molar-refractivity contribution is 5.80. The van der Waals surface area contributed by atoms with Gasteiger partial charge in [0.1, 0.15) is 5.54 Å². The molecule has 1 atom stereocenters. The van der Waals surface area contributed by atoms with Gasteiger partial charge in [0.05, 0.1) is 13.2 Å². The summed E-state index contributed by atoms with van der Waals surface area (Å²) in [6, 6.07) is 0.421. The fraction of sp³-hybridized carbons (Fsp3) is 0.917. The van der Waals surface area contributed by atoms with Crippen molar-refractivity contribution in [1.29, 1.82) is 0 Å². The van der Waals surface area contributed by atoms with Crippen LogP contribution in [0.2, 0.25) is 0 Å². The maximum absolute atomic E-state index is 11.9. The largest absolute Gasteiger partial charge is 0.465 e. The Kier molecular flexibility index (Phi) is 5.22. The molecular weight excluding hydrogens is 206 g/mol. The van der Waals surface area contributed by atoms with Crippen LogP contribution in [0.4, 0.5) is 0 Å². The van der Waals surface area contributed by atoms with Crippen LogP contribution in [0, 0.1) is 0 Å². The Morgan fingerprint density at radius 2 is 2.06 bits per heavy atom.